The van der Waals surface area contributed by atoms with E-state index in [2.05, 4.69) is 20.8 Å². The number of thioether (sulfide) groups is 1. The largest absolute Gasteiger partial charge is 0.454 e. The molecule has 1 N–H and O–H groups in total. The van der Waals surface area contributed by atoms with Crippen LogP contribution in [0.25, 0.3) is 0 Å². The maximum Gasteiger partial charge on any atom is 0.231 e. The van der Waals surface area contributed by atoms with Crippen LogP contribution in [0, 0.1) is 0 Å². The van der Waals surface area contributed by atoms with Crippen LogP contribution >= 0.6 is 11.8 Å². The Kier molecular flexibility index (Phi) is 3.91. The van der Waals surface area contributed by atoms with E-state index in [1.165, 1.54) is 11.8 Å². The quantitative estimate of drug-likeness (QED) is 0.794. The minimum absolute atomic E-state index is 0.0716. The number of ether oxygens (including phenoxy) is 2. The second kappa shape index (κ2) is 6.00. The lowest BCUT2D eigenvalue weighted by atomic mass is 10.2. The summed E-state index contributed by atoms with van der Waals surface area (Å²) in [6.45, 7) is 0.747. The molecule has 0 aliphatic carbocycles. The fourth-order valence-electron chi connectivity index (χ4n) is 1.81. The van der Waals surface area contributed by atoms with Gasteiger partial charge in [-0.15, -0.1) is 5.10 Å². The average molecular weight is 307 g/mol. The average Bonchev–Trinajstić information content (AvgIpc) is 3.13. The molecule has 1 aliphatic heterocycles. The summed E-state index contributed by atoms with van der Waals surface area (Å²) in [4.78, 5) is 11.3. The summed E-state index contributed by atoms with van der Waals surface area (Å²) in [7, 11) is 1.60. The van der Waals surface area contributed by atoms with E-state index in [1.54, 1.807) is 11.7 Å². The molecule has 0 saturated heterocycles. The summed E-state index contributed by atoms with van der Waals surface area (Å²) < 4.78 is 12.3. The molecule has 9 heteroatoms. The molecular formula is C12H13N5O3S. The number of nitrogens with zero attached hydrogens (tertiary/aromatic N) is 4. The molecule has 0 atom stereocenters. The van der Waals surface area contributed by atoms with Crippen LogP contribution in [0.15, 0.2) is 23.4 Å². The number of fused-ring (bicyclic) bond motifs is 1. The van der Waals surface area contributed by atoms with Crippen molar-refractivity contribution in [2.75, 3.05) is 19.6 Å². The van der Waals surface area contributed by atoms with Crippen molar-refractivity contribution in [3.63, 3.8) is 0 Å². The summed E-state index contributed by atoms with van der Waals surface area (Å²) in [5.41, 5.74) is 0.994. The van der Waals surface area contributed by atoms with Crippen LogP contribution in [0.3, 0.4) is 0 Å². The summed E-state index contributed by atoms with van der Waals surface area (Å²) in [5, 5.41) is 14.7. The van der Waals surface area contributed by atoms with Gasteiger partial charge in [-0.1, -0.05) is 17.8 Å². The highest BCUT2D eigenvalue weighted by atomic mass is 32.2. The van der Waals surface area contributed by atoms with Crippen molar-refractivity contribution >= 4 is 17.7 Å². The first kappa shape index (κ1) is 13.7. The van der Waals surface area contributed by atoms with Crippen LogP contribution in [0.4, 0.5) is 0 Å². The minimum Gasteiger partial charge on any atom is -0.454 e. The summed E-state index contributed by atoms with van der Waals surface area (Å²) in [6, 6.07) is 5.69. The van der Waals surface area contributed by atoms with E-state index in [4.69, 9.17) is 9.47 Å². The van der Waals surface area contributed by atoms with Crippen LogP contribution in [-0.2, 0) is 11.3 Å². The number of hydrogen-bond acceptors (Lipinski definition) is 7. The highest BCUT2D eigenvalue weighted by molar-refractivity contribution is 7.99. The predicted octanol–water partition coefficient (Wildman–Crippen LogP) is 0.288. The third-order valence-corrected chi connectivity index (χ3v) is 3.84. The van der Waals surface area contributed by atoms with Crippen molar-refractivity contribution in [3.8, 4) is 11.5 Å². The molecule has 0 spiro atoms. The molecule has 21 heavy (non-hydrogen) atoms. The fraction of sp³-hybridized carbons (Fsp3) is 0.333. The number of carbonyl (C=O) groups excluding carboxylic acids is 1. The second-order valence-corrected chi connectivity index (χ2v) is 5.21. The zero-order chi connectivity index (χ0) is 14.7. The van der Waals surface area contributed by atoms with E-state index < -0.39 is 0 Å². The van der Waals surface area contributed by atoms with Gasteiger partial charge in [0.05, 0.1) is 12.3 Å². The molecule has 1 aromatic heterocycles. The van der Waals surface area contributed by atoms with Gasteiger partial charge in [-0.25, -0.2) is 4.68 Å². The number of benzene rings is 1. The van der Waals surface area contributed by atoms with Gasteiger partial charge in [-0.2, -0.15) is 0 Å². The lowest BCUT2D eigenvalue weighted by molar-refractivity contribution is -0.118. The zero-order valence-electron chi connectivity index (χ0n) is 11.3. The summed E-state index contributed by atoms with van der Waals surface area (Å²) in [6.07, 6.45) is 0. The predicted molar refractivity (Wildman–Crippen MR) is 74.3 cm³/mol. The molecule has 0 saturated carbocycles. The normalized spacial score (nSPS) is 12.4. The maximum absolute atomic E-state index is 11.3. The molecule has 2 aromatic rings. The van der Waals surface area contributed by atoms with Crippen LogP contribution in [-0.4, -0.2) is 45.7 Å². The topological polar surface area (TPSA) is 91.2 Å². The van der Waals surface area contributed by atoms with E-state index >= 15 is 0 Å². The van der Waals surface area contributed by atoms with Gasteiger partial charge in [0.15, 0.2) is 11.5 Å². The van der Waals surface area contributed by atoms with Gasteiger partial charge in [0.25, 0.3) is 0 Å². The van der Waals surface area contributed by atoms with Crippen molar-refractivity contribution in [2.24, 2.45) is 0 Å². The molecule has 0 radical (unpaired) electrons. The molecule has 2 heterocycles. The van der Waals surface area contributed by atoms with E-state index in [0.29, 0.717) is 11.7 Å². The van der Waals surface area contributed by atoms with Crippen LogP contribution < -0.4 is 14.8 Å². The number of amides is 1. The summed E-state index contributed by atoms with van der Waals surface area (Å²) in [5.74, 6) is 1.67. The first-order valence-corrected chi connectivity index (χ1v) is 7.23. The van der Waals surface area contributed by atoms with Crippen molar-refractivity contribution in [3.05, 3.63) is 23.8 Å². The van der Waals surface area contributed by atoms with E-state index in [0.717, 1.165) is 17.1 Å². The lowest BCUT2D eigenvalue weighted by Gasteiger charge is -2.05. The Labute approximate surface area is 124 Å². The molecule has 110 valence electrons. The third kappa shape index (κ3) is 3.07. The SMILES string of the molecule is CNC(=O)CSc1nnnn1Cc1ccc2c(c1)OCO2. The van der Waals surface area contributed by atoms with Gasteiger partial charge < -0.3 is 14.8 Å². The third-order valence-electron chi connectivity index (χ3n) is 2.88. The highest BCUT2D eigenvalue weighted by Crippen LogP contribution is 2.32. The van der Waals surface area contributed by atoms with E-state index in [1.807, 2.05) is 18.2 Å². The van der Waals surface area contributed by atoms with Gasteiger partial charge in [-0.3, -0.25) is 4.79 Å². The zero-order valence-corrected chi connectivity index (χ0v) is 12.1. The molecular weight excluding hydrogens is 294 g/mol. The number of hydrogen-bond donors (Lipinski definition) is 1. The van der Waals surface area contributed by atoms with Crippen LogP contribution in [0.1, 0.15) is 5.56 Å². The van der Waals surface area contributed by atoms with Gasteiger partial charge in [0.1, 0.15) is 0 Å². The molecule has 8 nitrogen and oxygen atoms in total. The van der Waals surface area contributed by atoms with E-state index in [-0.39, 0.29) is 18.5 Å². The van der Waals surface area contributed by atoms with Crippen molar-refractivity contribution < 1.29 is 14.3 Å². The molecule has 1 amide bonds. The Balaban J connectivity index is 1.70. The summed E-state index contributed by atoms with van der Waals surface area (Å²) >= 11 is 1.29. The Bertz CT molecular complexity index is 660. The number of rotatable bonds is 5. The van der Waals surface area contributed by atoms with Gasteiger partial charge in [0.2, 0.25) is 17.9 Å². The van der Waals surface area contributed by atoms with Gasteiger partial charge in [-0.05, 0) is 28.1 Å². The standard InChI is InChI=1S/C12H13N5O3S/c1-13-11(18)6-21-12-14-15-16-17(12)5-8-2-3-9-10(4-8)20-7-19-9/h2-4H,5-7H2,1H3,(H,13,18). The number of carbonyl (C=O) groups is 1. The van der Waals surface area contributed by atoms with Crippen molar-refractivity contribution in [1.82, 2.24) is 25.5 Å². The number of tetrazole rings is 1. The Morgan fingerprint density at radius 2 is 2.29 bits per heavy atom. The molecule has 3 rings (SSSR count). The Morgan fingerprint density at radius 3 is 3.14 bits per heavy atom. The lowest BCUT2D eigenvalue weighted by Crippen LogP contribution is -2.20. The first-order chi connectivity index (χ1) is 10.3. The van der Waals surface area contributed by atoms with Gasteiger partial charge in [0, 0.05) is 7.05 Å². The minimum atomic E-state index is -0.0716. The van der Waals surface area contributed by atoms with Crippen molar-refractivity contribution in [2.45, 2.75) is 11.7 Å². The number of nitrogens with one attached hydrogen (secondary N) is 1. The second-order valence-electron chi connectivity index (χ2n) is 4.27. The molecule has 1 aliphatic rings. The molecule has 0 fully saturated rings. The smallest absolute Gasteiger partial charge is 0.231 e. The van der Waals surface area contributed by atoms with E-state index in [9.17, 15) is 4.79 Å². The number of aromatic nitrogens is 4. The van der Waals surface area contributed by atoms with Crippen molar-refractivity contribution in [1.29, 1.82) is 0 Å². The molecule has 0 bridgehead atoms. The molecule has 1 aromatic carbocycles. The highest BCUT2D eigenvalue weighted by Gasteiger charge is 2.15. The van der Waals surface area contributed by atoms with Gasteiger partial charge >= 0.3 is 0 Å². The Hall–Kier alpha value is -2.29. The first-order valence-electron chi connectivity index (χ1n) is 6.24. The molecule has 0 unspecified atom stereocenters. The van der Waals surface area contributed by atoms with Crippen LogP contribution in [0.2, 0.25) is 0 Å². The Morgan fingerprint density at radius 1 is 1.43 bits per heavy atom. The monoisotopic (exact) mass is 307 g/mol. The fourth-order valence-corrected chi connectivity index (χ4v) is 2.56. The maximum atomic E-state index is 11.3. The van der Waals surface area contributed by atoms with Crippen LogP contribution in [0.5, 0.6) is 11.5 Å².